The summed E-state index contributed by atoms with van der Waals surface area (Å²) in [4.78, 5) is 30.1. The van der Waals surface area contributed by atoms with Crippen LogP contribution in [0.2, 0.25) is 0 Å². The molecule has 0 radical (unpaired) electrons. The van der Waals surface area contributed by atoms with Crippen molar-refractivity contribution in [1.29, 1.82) is 0 Å². The Morgan fingerprint density at radius 3 is 2.50 bits per heavy atom. The van der Waals surface area contributed by atoms with Crippen molar-refractivity contribution in [3.05, 3.63) is 59.2 Å². The lowest BCUT2D eigenvalue weighted by atomic mass is 9.95. The quantitative estimate of drug-likeness (QED) is 0.393. The van der Waals surface area contributed by atoms with E-state index in [2.05, 4.69) is 4.90 Å². The van der Waals surface area contributed by atoms with Crippen LogP contribution in [0.15, 0.2) is 48.0 Å². The number of aliphatic hydroxyl groups is 1. The molecule has 0 spiro atoms. The number of aliphatic hydroxyl groups excluding tert-OH is 1. The van der Waals surface area contributed by atoms with Gasteiger partial charge in [0.2, 0.25) is 6.79 Å². The second-order valence-electron chi connectivity index (χ2n) is 8.29. The van der Waals surface area contributed by atoms with Gasteiger partial charge in [0.25, 0.3) is 11.7 Å². The Labute approximate surface area is 197 Å². The highest BCUT2D eigenvalue weighted by atomic mass is 16.7. The summed E-state index contributed by atoms with van der Waals surface area (Å²) >= 11 is 0. The van der Waals surface area contributed by atoms with E-state index in [-0.39, 0.29) is 18.1 Å². The number of carbonyl (C=O) groups is 2. The second kappa shape index (κ2) is 9.36. The highest BCUT2D eigenvalue weighted by Gasteiger charge is 2.46. The molecular formula is C25H26N2O7. The van der Waals surface area contributed by atoms with E-state index in [9.17, 15) is 14.7 Å². The number of benzene rings is 2. The van der Waals surface area contributed by atoms with Gasteiger partial charge in [-0.3, -0.25) is 14.5 Å². The number of hydrogen-bond donors (Lipinski definition) is 1. The Morgan fingerprint density at radius 1 is 1.03 bits per heavy atom. The van der Waals surface area contributed by atoms with E-state index in [0.29, 0.717) is 54.7 Å². The summed E-state index contributed by atoms with van der Waals surface area (Å²) in [6.45, 7) is 3.88. The zero-order valence-corrected chi connectivity index (χ0v) is 18.9. The number of amides is 1. The first kappa shape index (κ1) is 22.2. The Bertz CT molecular complexity index is 1120. The summed E-state index contributed by atoms with van der Waals surface area (Å²) in [5.74, 6) is 0.117. The summed E-state index contributed by atoms with van der Waals surface area (Å²) in [5.41, 5.74) is 1.15. The normalized spacial score (nSPS) is 21.8. The minimum atomic E-state index is -0.725. The van der Waals surface area contributed by atoms with Gasteiger partial charge >= 0.3 is 0 Å². The van der Waals surface area contributed by atoms with Gasteiger partial charge in [-0.15, -0.1) is 0 Å². The van der Waals surface area contributed by atoms with E-state index in [1.54, 1.807) is 37.4 Å². The Kier molecular flexibility index (Phi) is 6.12. The van der Waals surface area contributed by atoms with E-state index < -0.39 is 17.7 Å². The van der Waals surface area contributed by atoms with Crippen molar-refractivity contribution >= 4 is 17.4 Å². The molecule has 3 heterocycles. The molecule has 2 fully saturated rings. The van der Waals surface area contributed by atoms with Crippen molar-refractivity contribution in [3.63, 3.8) is 0 Å². The van der Waals surface area contributed by atoms with Gasteiger partial charge in [-0.1, -0.05) is 12.1 Å². The molecule has 3 aliphatic heterocycles. The van der Waals surface area contributed by atoms with E-state index in [1.165, 1.54) is 4.90 Å². The summed E-state index contributed by atoms with van der Waals surface area (Å²) in [6, 6.07) is 11.4. The van der Waals surface area contributed by atoms with Crippen LogP contribution in [0.3, 0.4) is 0 Å². The van der Waals surface area contributed by atoms with Gasteiger partial charge in [-0.2, -0.15) is 0 Å². The van der Waals surface area contributed by atoms with Crippen molar-refractivity contribution in [2.24, 2.45) is 0 Å². The number of methoxy groups -OCH3 is 1. The van der Waals surface area contributed by atoms with Crippen LogP contribution in [0.1, 0.15) is 17.2 Å². The van der Waals surface area contributed by atoms with Crippen LogP contribution in [0.5, 0.6) is 17.2 Å². The third-order valence-electron chi connectivity index (χ3n) is 6.38. The number of Topliss-reactive ketones (excluding diaryl/α,β-unsaturated/α-hetero) is 1. The van der Waals surface area contributed by atoms with E-state index in [1.807, 2.05) is 12.1 Å². The third-order valence-corrected chi connectivity index (χ3v) is 6.38. The number of rotatable bonds is 6. The van der Waals surface area contributed by atoms with Crippen LogP contribution < -0.4 is 14.2 Å². The Morgan fingerprint density at radius 2 is 1.76 bits per heavy atom. The largest absolute Gasteiger partial charge is 0.507 e. The van der Waals surface area contributed by atoms with E-state index in [4.69, 9.17) is 18.9 Å². The van der Waals surface area contributed by atoms with Crippen LogP contribution in [-0.2, 0) is 14.3 Å². The first-order chi connectivity index (χ1) is 16.6. The molecule has 2 saturated heterocycles. The van der Waals surface area contributed by atoms with Gasteiger partial charge in [-0.25, -0.2) is 0 Å². The topological polar surface area (TPSA) is 97.8 Å². The van der Waals surface area contributed by atoms with Gasteiger partial charge in [0, 0.05) is 31.7 Å². The van der Waals surface area contributed by atoms with E-state index in [0.717, 1.165) is 13.1 Å². The molecule has 2 aromatic carbocycles. The number of hydrogen-bond acceptors (Lipinski definition) is 8. The van der Waals surface area contributed by atoms with Crippen molar-refractivity contribution in [1.82, 2.24) is 9.80 Å². The lowest BCUT2D eigenvalue weighted by Crippen LogP contribution is -2.42. The van der Waals surface area contributed by atoms with Crippen molar-refractivity contribution in [3.8, 4) is 17.2 Å². The lowest BCUT2D eigenvalue weighted by Gasteiger charge is -2.31. The summed E-state index contributed by atoms with van der Waals surface area (Å²) in [7, 11) is 1.57. The summed E-state index contributed by atoms with van der Waals surface area (Å²) in [6.07, 6.45) is 0. The Hall–Kier alpha value is -3.56. The SMILES string of the molecule is COc1ccc(C2/C(=C(\O)c3ccc4c(c3)OCO4)C(=O)C(=O)N2CCN2CCOCC2)cc1. The van der Waals surface area contributed by atoms with Crippen molar-refractivity contribution in [2.75, 3.05) is 53.3 Å². The van der Waals surface area contributed by atoms with Crippen molar-refractivity contribution < 1.29 is 33.6 Å². The highest BCUT2D eigenvalue weighted by molar-refractivity contribution is 6.46. The summed E-state index contributed by atoms with van der Waals surface area (Å²) < 4.78 is 21.4. The standard InChI is InChI=1S/C25H26N2O7/c1-31-18-5-2-16(3-6-18)22-21(23(28)17-4-7-19-20(14-17)34-15-33-19)24(29)25(30)27(22)9-8-26-10-12-32-13-11-26/h2-7,14,22,28H,8-13,15H2,1H3/b23-21+. The fourth-order valence-corrected chi connectivity index (χ4v) is 4.52. The van der Waals surface area contributed by atoms with Crippen LogP contribution >= 0.6 is 0 Å². The zero-order valence-electron chi connectivity index (χ0n) is 18.9. The number of ketones is 1. The minimum Gasteiger partial charge on any atom is -0.507 e. The van der Waals surface area contributed by atoms with Gasteiger partial charge in [-0.05, 0) is 35.9 Å². The van der Waals surface area contributed by atoms with Crippen LogP contribution in [0.4, 0.5) is 0 Å². The molecule has 5 rings (SSSR count). The maximum Gasteiger partial charge on any atom is 0.295 e. The number of carbonyl (C=O) groups excluding carboxylic acids is 2. The first-order valence-corrected chi connectivity index (χ1v) is 11.2. The average molecular weight is 466 g/mol. The molecule has 2 aromatic rings. The molecule has 0 saturated carbocycles. The molecule has 34 heavy (non-hydrogen) atoms. The number of likely N-dealkylation sites (tertiary alicyclic amines) is 1. The molecule has 0 aliphatic carbocycles. The van der Waals surface area contributed by atoms with Crippen molar-refractivity contribution in [2.45, 2.75) is 6.04 Å². The fourth-order valence-electron chi connectivity index (χ4n) is 4.52. The number of ether oxygens (including phenoxy) is 4. The number of nitrogens with zero attached hydrogens (tertiary/aromatic N) is 2. The maximum atomic E-state index is 13.2. The average Bonchev–Trinajstić information content (AvgIpc) is 3.45. The van der Waals surface area contributed by atoms with Crippen LogP contribution in [0, 0.1) is 0 Å². The second-order valence-corrected chi connectivity index (χ2v) is 8.29. The molecule has 1 unspecified atom stereocenters. The third kappa shape index (κ3) is 4.08. The monoisotopic (exact) mass is 466 g/mol. The molecule has 0 bridgehead atoms. The molecule has 178 valence electrons. The molecule has 9 heteroatoms. The molecular weight excluding hydrogens is 440 g/mol. The smallest absolute Gasteiger partial charge is 0.295 e. The van der Waals surface area contributed by atoms with E-state index >= 15 is 0 Å². The molecule has 3 aliphatic rings. The predicted molar refractivity (Wildman–Crippen MR) is 122 cm³/mol. The van der Waals surface area contributed by atoms with Gasteiger partial charge in [0.15, 0.2) is 11.5 Å². The number of fused-ring (bicyclic) bond motifs is 1. The zero-order chi connectivity index (χ0) is 23.7. The molecule has 9 nitrogen and oxygen atoms in total. The molecule has 1 atom stereocenters. The van der Waals surface area contributed by atoms with Crippen LogP contribution in [-0.4, -0.2) is 79.9 Å². The van der Waals surface area contributed by atoms with Gasteiger partial charge in [0.05, 0.1) is 31.9 Å². The van der Waals surface area contributed by atoms with Gasteiger partial charge < -0.3 is 29.0 Å². The minimum absolute atomic E-state index is 0.0519. The molecule has 0 aromatic heterocycles. The van der Waals surface area contributed by atoms with Crippen LogP contribution in [0.25, 0.3) is 5.76 Å². The molecule has 1 amide bonds. The predicted octanol–water partition coefficient (Wildman–Crippen LogP) is 2.18. The number of morpholine rings is 1. The lowest BCUT2D eigenvalue weighted by molar-refractivity contribution is -0.140. The highest BCUT2D eigenvalue weighted by Crippen LogP contribution is 2.41. The molecule has 1 N–H and O–H groups in total. The fraction of sp³-hybridized carbons (Fsp3) is 0.360. The van der Waals surface area contributed by atoms with Gasteiger partial charge in [0.1, 0.15) is 11.5 Å². The Balaban J connectivity index is 1.53. The summed E-state index contributed by atoms with van der Waals surface area (Å²) in [5, 5.41) is 11.2. The first-order valence-electron chi connectivity index (χ1n) is 11.2. The maximum absolute atomic E-state index is 13.2.